The molecule has 0 atom stereocenters. The second kappa shape index (κ2) is 9.02. The second-order valence-corrected chi connectivity index (χ2v) is 8.22. The van der Waals surface area contributed by atoms with Crippen molar-refractivity contribution in [2.24, 2.45) is 0 Å². The summed E-state index contributed by atoms with van der Waals surface area (Å²) < 4.78 is -0.463. The summed E-state index contributed by atoms with van der Waals surface area (Å²) in [6.07, 6.45) is 0. The first-order valence-electron chi connectivity index (χ1n) is 9.83. The molecule has 4 rings (SSSR count). The Morgan fingerprint density at radius 1 is 0.633 bits per heavy atom. The number of aromatic carboxylic acids is 1. The molecular formula is C27H22O2S. The molecular weight excluding hydrogens is 388 g/mol. The zero-order valence-electron chi connectivity index (χ0n) is 16.4. The predicted molar refractivity (Wildman–Crippen MR) is 124 cm³/mol. The minimum absolute atomic E-state index is 0.355. The average molecular weight is 411 g/mol. The minimum Gasteiger partial charge on any atom is -0.478 e. The second-order valence-electron chi connectivity index (χ2n) is 7.03. The van der Waals surface area contributed by atoms with Crippen LogP contribution in [0.15, 0.2) is 115 Å². The zero-order chi connectivity index (χ0) is 20.8. The monoisotopic (exact) mass is 410 g/mol. The normalized spacial score (nSPS) is 11.2. The van der Waals surface area contributed by atoms with Crippen LogP contribution in [0.2, 0.25) is 0 Å². The van der Waals surface area contributed by atoms with Gasteiger partial charge in [-0.1, -0.05) is 109 Å². The van der Waals surface area contributed by atoms with E-state index in [1.54, 1.807) is 23.9 Å². The number of carboxylic acid groups (broad SMARTS) is 1. The SMILES string of the molecule is O=C(O)c1ccccc1CSC(c1ccccc1)(c1ccccc1)c1ccccc1. The van der Waals surface area contributed by atoms with E-state index >= 15 is 0 Å². The van der Waals surface area contributed by atoms with Crippen LogP contribution in [0.25, 0.3) is 0 Å². The molecule has 1 N–H and O–H groups in total. The van der Waals surface area contributed by atoms with Crippen molar-refractivity contribution in [3.8, 4) is 0 Å². The van der Waals surface area contributed by atoms with Crippen LogP contribution in [0.3, 0.4) is 0 Å². The third-order valence-corrected chi connectivity index (χ3v) is 6.83. The number of carbonyl (C=O) groups is 1. The highest BCUT2D eigenvalue weighted by atomic mass is 32.2. The molecule has 4 aromatic rings. The van der Waals surface area contributed by atoms with E-state index in [2.05, 4.69) is 72.8 Å². The maximum Gasteiger partial charge on any atom is 0.335 e. The number of carboxylic acids is 1. The minimum atomic E-state index is -0.893. The first-order valence-corrected chi connectivity index (χ1v) is 10.8. The van der Waals surface area contributed by atoms with Crippen molar-refractivity contribution < 1.29 is 9.90 Å². The molecule has 0 amide bonds. The fraction of sp³-hybridized carbons (Fsp3) is 0.0741. The van der Waals surface area contributed by atoms with Crippen molar-refractivity contribution in [3.63, 3.8) is 0 Å². The van der Waals surface area contributed by atoms with Crippen LogP contribution in [-0.2, 0) is 10.5 Å². The van der Waals surface area contributed by atoms with Crippen LogP contribution in [0.1, 0.15) is 32.6 Å². The van der Waals surface area contributed by atoms with Crippen LogP contribution in [0.5, 0.6) is 0 Å². The molecule has 0 aliphatic rings. The maximum atomic E-state index is 11.7. The van der Waals surface area contributed by atoms with Crippen molar-refractivity contribution in [2.45, 2.75) is 10.5 Å². The average Bonchev–Trinajstić information content (AvgIpc) is 2.82. The summed E-state index contributed by atoms with van der Waals surface area (Å²) >= 11 is 1.75. The predicted octanol–water partition coefficient (Wildman–Crippen LogP) is 6.61. The van der Waals surface area contributed by atoms with E-state index in [-0.39, 0.29) is 0 Å². The van der Waals surface area contributed by atoms with Crippen molar-refractivity contribution in [2.75, 3.05) is 0 Å². The Hall–Kier alpha value is -3.30. The van der Waals surface area contributed by atoms with Gasteiger partial charge in [0.15, 0.2) is 0 Å². The quantitative estimate of drug-likeness (QED) is 0.348. The van der Waals surface area contributed by atoms with Gasteiger partial charge in [-0.2, -0.15) is 0 Å². The van der Waals surface area contributed by atoms with Gasteiger partial charge in [0.25, 0.3) is 0 Å². The topological polar surface area (TPSA) is 37.3 Å². The van der Waals surface area contributed by atoms with Gasteiger partial charge >= 0.3 is 5.97 Å². The number of hydrogen-bond donors (Lipinski definition) is 1. The van der Waals surface area contributed by atoms with Crippen molar-refractivity contribution in [3.05, 3.63) is 143 Å². The lowest BCUT2D eigenvalue weighted by atomic mass is 9.84. The molecule has 148 valence electrons. The molecule has 0 spiro atoms. The molecule has 0 aliphatic carbocycles. The van der Waals surface area contributed by atoms with Gasteiger partial charge in [-0.3, -0.25) is 0 Å². The standard InChI is InChI=1S/C27H22O2S/c28-26(29)25-19-11-10-12-21(25)20-30-27(22-13-4-1-5-14-22,23-15-6-2-7-16-23)24-17-8-3-9-18-24/h1-19H,20H2,(H,28,29). The van der Waals surface area contributed by atoms with Crippen LogP contribution < -0.4 is 0 Å². The summed E-state index contributed by atoms with van der Waals surface area (Å²) in [5, 5.41) is 9.64. The van der Waals surface area contributed by atoms with Crippen molar-refractivity contribution in [1.82, 2.24) is 0 Å². The third kappa shape index (κ3) is 3.89. The Labute approximate surface area is 181 Å². The van der Waals surface area contributed by atoms with Crippen LogP contribution in [0.4, 0.5) is 0 Å². The summed E-state index contributed by atoms with van der Waals surface area (Å²) in [6.45, 7) is 0. The fourth-order valence-corrected chi connectivity index (χ4v) is 5.34. The molecule has 0 heterocycles. The van der Waals surface area contributed by atoms with E-state index in [1.807, 2.05) is 30.3 Å². The van der Waals surface area contributed by atoms with Crippen LogP contribution in [-0.4, -0.2) is 11.1 Å². The molecule has 0 radical (unpaired) electrons. The third-order valence-electron chi connectivity index (χ3n) is 5.23. The van der Waals surface area contributed by atoms with Crippen molar-refractivity contribution >= 4 is 17.7 Å². The molecule has 4 aromatic carbocycles. The van der Waals surface area contributed by atoms with Gasteiger partial charge in [-0.15, -0.1) is 11.8 Å². The fourth-order valence-electron chi connectivity index (χ4n) is 3.81. The Morgan fingerprint density at radius 3 is 1.47 bits per heavy atom. The molecule has 3 heteroatoms. The smallest absolute Gasteiger partial charge is 0.335 e. The lowest BCUT2D eigenvalue weighted by molar-refractivity contribution is 0.0696. The van der Waals surface area contributed by atoms with Gasteiger partial charge in [0, 0.05) is 5.75 Å². The highest BCUT2D eigenvalue weighted by Gasteiger charge is 2.37. The Bertz CT molecular complexity index is 1010. The van der Waals surface area contributed by atoms with Crippen LogP contribution in [0, 0.1) is 0 Å². The molecule has 0 fully saturated rings. The number of benzene rings is 4. The van der Waals surface area contributed by atoms with E-state index < -0.39 is 10.7 Å². The molecule has 0 saturated heterocycles. The number of thioether (sulfide) groups is 1. The van der Waals surface area contributed by atoms with E-state index in [9.17, 15) is 9.90 Å². The van der Waals surface area contributed by atoms with Crippen molar-refractivity contribution in [1.29, 1.82) is 0 Å². The van der Waals surface area contributed by atoms with E-state index in [0.717, 1.165) is 5.56 Å². The molecule has 0 unspecified atom stereocenters. The molecule has 0 saturated carbocycles. The van der Waals surface area contributed by atoms with E-state index in [1.165, 1.54) is 16.7 Å². The summed E-state index contributed by atoms with van der Waals surface area (Å²) in [4.78, 5) is 11.7. The highest BCUT2D eigenvalue weighted by molar-refractivity contribution is 7.99. The van der Waals surface area contributed by atoms with Gasteiger partial charge in [-0.25, -0.2) is 4.79 Å². The zero-order valence-corrected chi connectivity index (χ0v) is 17.3. The molecule has 0 aromatic heterocycles. The maximum absolute atomic E-state index is 11.7. The molecule has 0 aliphatic heterocycles. The van der Waals surface area contributed by atoms with Gasteiger partial charge in [-0.05, 0) is 28.3 Å². The van der Waals surface area contributed by atoms with Gasteiger partial charge in [0.1, 0.15) is 0 Å². The van der Waals surface area contributed by atoms with Gasteiger partial charge in [0.05, 0.1) is 10.3 Å². The summed E-state index contributed by atoms with van der Waals surface area (Å²) in [7, 11) is 0. The van der Waals surface area contributed by atoms with E-state index in [4.69, 9.17) is 0 Å². The van der Waals surface area contributed by atoms with Gasteiger partial charge in [0.2, 0.25) is 0 Å². The number of hydrogen-bond acceptors (Lipinski definition) is 2. The lowest BCUT2D eigenvalue weighted by Crippen LogP contribution is -2.26. The number of rotatable bonds is 7. The summed E-state index contributed by atoms with van der Waals surface area (Å²) in [5.74, 6) is -0.322. The largest absolute Gasteiger partial charge is 0.478 e. The molecule has 30 heavy (non-hydrogen) atoms. The molecule has 2 nitrogen and oxygen atoms in total. The van der Waals surface area contributed by atoms with E-state index in [0.29, 0.717) is 11.3 Å². The Morgan fingerprint density at radius 2 is 1.03 bits per heavy atom. The highest BCUT2D eigenvalue weighted by Crippen LogP contribution is 2.49. The Balaban J connectivity index is 1.89. The first kappa shape index (κ1) is 20.0. The first-order chi connectivity index (χ1) is 14.7. The van der Waals surface area contributed by atoms with Gasteiger partial charge < -0.3 is 5.11 Å². The summed E-state index contributed by atoms with van der Waals surface area (Å²) in [5.41, 5.74) is 4.68. The molecule has 0 bridgehead atoms. The Kier molecular flexibility index (Phi) is 6.01. The summed E-state index contributed by atoms with van der Waals surface area (Å²) in [6, 6.07) is 38.6. The lowest BCUT2D eigenvalue weighted by Gasteiger charge is -2.35. The van der Waals surface area contributed by atoms with Crippen LogP contribution >= 0.6 is 11.8 Å².